The van der Waals surface area contributed by atoms with E-state index < -0.39 is 5.92 Å². The number of para-hydroxylation sites is 1. The molecule has 1 aromatic rings. The van der Waals surface area contributed by atoms with E-state index in [2.05, 4.69) is 19.3 Å². The standard InChI is InChI=1S/C13H16N2O2.C8H18.C4H10O.C2H6O/c1-2-3-9-11-12(16)14-15(13(11)17)10-7-5-4-6-8-10;1-3-5-7-8-6-4-2;1-3-5-4-2;1-2-3/h4-8,11H,2-3,9H2,1H3,(H,14,16);3-8H2,1-2H3;3-4H2,1-2H3;3H,2H2,1H3. The normalized spacial score (nSPS) is 14.3. The molecule has 0 bridgehead atoms. The fraction of sp³-hybridized carbons (Fsp3) is 0.704. The summed E-state index contributed by atoms with van der Waals surface area (Å²) in [6.07, 6.45) is 11.0. The summed E-state index contributed by atoms with van der Waals surface area (Å²) in [6.45, 7) is 14.2. The molecule has 1 saturated heterocycles. The molecule has 6 nitrogen and oxygen atoms in total. The number of unbranched alkanes of at least 4 members (excludes halogenated alkanes) is 6. The number of amides is 2. The van der Waals surface area contributed by atoms with Crippen molar-refractivity contribution < 1.29 is 19.4 Å². The number of hydrazine groups is 1. The minimum Gasteiger partial charge on any atom is -0.397 e. The van der Waals surface area contributed by atoms with Gasteiger partial charge in [-0.25, -0.2) is 5.01 Å². The molecule has 1 unspecified atom stereocenters. The van der Waals surface area contributed by atoms with E-state index in [9.17, 15) is 9.59 Å². The molecule has 0 aromatic heterocycles. The van der Waals surface area contributed by atoms with Crippen LogP contribution in [0.25, 0.3) is 0 Å². The monoisotopic (exact) mass is 466 g/mol. The maximum absolute atomic E-state index is 12.1. The predicted octanol–water partition coefficient (Wildman–Crippen LogP) is 6.28. The lowest BCUT2D eigenvalue weighted by Gasteiger charge is -2.14. The smallest absolute Gasteiger partial charge is 0.258 e. The summed E-state index contributed by atoms with van der Waals surface area (Å²) in [5.41, 5.74) is 3.34. The van der Waals surface area contributed by atoms with Crippen LogP contribution in [0.2, 0.25) is 0 Å². The van der Waals surface area contributed by atoms with Crippen molar-refractivity contribution in [2.24, 2.45) is 5.92 Å². The molecular weight excluding hydrogens is 416 g/mol. The number of ether oxygens (including phenoxy) is 1. The van der Waals surface area contributed by atoms with Crippen LogP contribution in [-0.2, 0) is 14.3 Å². The first-order valence-corrected chi connectivity index (χ1v) is 12.9. The molecule has 6 heteroatoms. The van der Waals surface area contributed by atoms with Crippen LogP contribution in [0.5, 0.6) is 0 Å². The van der Waals surface area contributed by atoms with Crippen LogP contribution >= 0.6 is 0 Å². The van der Waals surface area contributed by atoms with Gasteiger partial charge < -0.3 is 9.84 Å². The Kier molecular flexibility index (Phi) is 24.9. The molecule has 1 aliphatic rings. The highest BCUT2D eigenvalue weighted by Crippen LogP contribution is 2.22. The van der Waals surface area contributed by atoms with Crippen molar-refractivity contribution in [2.75, 3.05) is 24.8 Å². The number of hydrogen-bond donors (Lipinski definition) is 2. The second kappa shape index (κ2) is 24.7. The van der Waals surface area contributed by atoms with Crippen LogP contribution in [0.3, 0.4) is 0 Å². The van der Waals surface area contributed by atoms with Crippen LogP contribution in [-0.4, -0.2) is 36.7 Å². The number of aliphatic hydroxyl groups excluding tert-OH is 1. The quantitative estimate of drug-likeness (QED) is 0.297. The van der Waals surface area contributed by atoms with Gasteiger partial charge in [0, 0.05) is 19.8 Å². The minimum absolute atomic E-state index is 0.144. The molecule has 1 heterocycles. The van der Waals surface area contributed by atoms with Gasteiger partial charge in [-0.1, -0.05) is 90.3 Å². The Morgan fingerprint density at radius 3 is 1.70 bits per heavy atom. The highest BCUT2D eigenvalue weighted by atomic mass is 16.5. The lowest BCUT2D eigenvalue weighted by Crippen LogP contribution is -2.35. The Morgan fingerprint density at radius 2 is 1.30 bits per heavy atom. The van der Waals surface area contributed by atoms with E-state index in [1.165, 1.54) is 43.5 Å². The molecule has 33 heavy (non-hydrogen) atoms. The summed E-state index contributed by atoms with van der Waals surface area (Å²) in [7, 11) is 0. The van der Waals surface area contributed by atoms with Gasteiger partial charge in [0.1, 0.15) is 5.92 Å². The molecule has 0 spiro atoms. The highest BCUT2D eigenvalue weighted by Gasteiger charge is 2.39. The molecule has 1 aliphatic heterocycles. The molecule has 2 amide bonds. The maximum Gasteiger partial charge on any atom is 0.258 e. The van der Waals surface area contributed by atoms with Crippen LogP contribution in [0.4, 0.5) is 5.69 Å². The summed E-state index contributed by atoms with van der Waals surface area (Å²) >= 11 is 0. The summed E-state index contributed by atoms with van der Waals surface area (Å²) in [4.78, 5) is 23.8. The third-order valence-electron chi connectivity index (χ3n) is 4.78. The fourth-order valence-electron chi connectivity index (χ4n) is 3.00. The Morgan fingerprint density at radius 1 is 0.818 bits per heavy atom. The van der Waals surface area contributed by atoms with Gasteiger partial charge in [-0.3, -0.25) is 15.0 Å². The van der Waals surface area contributed by atoms with Crippen molar-refractivity contribution in [3.05, 3.63) is 30.3 Å². The molecule has 0 radical (unpaired) electrons. The molecule has 0 aliphatic carbocycles. The number of hydrogen-bond acceptors (Lipinski definition) is 4. The summed E-state index contributed by atoms with van der Waals surface area (Å²) in [6, 6.07) is 9.17. The zero-order chi connectivity index (χ0) is 25.3. The zero-order valence-electron chi connectivity index (χ0n) is 22.1. The largest absolute Gasteiger partial charge is 0.397 e. The maximum atomic E-state index is 12.1. The number of rotatable bonds is 11. The minimum atomic E-state index is -0.518. The second-order valence-corrected chi connectivity index (χ2v) is 7.69. The zero-order valence-corrected chi connectivity index (χ0v) is 22.1. The highest BCUT2D eigenvalue weighted by molar-refractivity contribution is 6.14. The Labute approximate surface area is 203 Å². The van der Waals surface area contributed by atoms with Gasteiger partial charge in [-0.2, -0.15) is 0 Å². The molecule has 1 fully saturated rings. The summed E-state index contributed by atoms with van der Waals surface area (Å²) < 4.78 is 4.83. The van der Waals surface area contributed by atoms with Crippen LogP contribution in [0.15, 0.2) is 30.3 Å². The van der Waals surface area contributed by atoms with Crippen molar-refractivity contribution >= 4 is 17.5 Å². The lowest BCUT2D eigenvalue weighted by molar-refractivity contribution is -0.127. The molecule has 2 rings (SSSR count). The van der Waals surface area contributed by atoms with Gasteiger partial charge >= 0.3 is 0 Å². The number of aliphatic hydroxyl groups is 1. The Bertz CT molecular complexity index is 558. The second-order valence-electron chi connectivity index (χ2n) is 7.69. The van der Waals surface area contributed by atoms with Crippen LogP contribution in [0, 0.1) is 5.92 Å². The molecule has 0 saturated carbocycles. The van der Waals surface area contributed by atoms with Crippen molar-refractivity contribution in [2.45, 2.75) is 99.3 Å². The van der Waals surface area contributed by atoms with E-state index in [1.54, 1.807) is 19.1 Å². The van der Waals surface area contributed by atoms with Crippen LogP contribution in [0.1, 0.15) is 99.3 Å². The number of anilines is 1. The lowest BCUT2D eigenvalue weighted by atomic mass is 10.0. The third kappa shape index (κ3) is 17.3. The van der Waals surface area contributed by atoms with E-state index in [4.69, 9.17) is 9.84 Å². The summed E-state index contributed by atoms with van der Waals surface area (Å²) in [5, 5.41) is 8.92. The number of benzene rings is 1. The van der Waals surface area contributed by atoms with Gasteiger partial charge in [0.15, 0.2) is 0 Å². The van der Waals surface area contributed by atoms with Crippen molar-refractivity contribution in [1.29, 1.82) is 0 Å². The number of carbonyl (C=O) groups excluding carboxylic acids is 2. The average Bonchev–Trinajstić information content (AvgIpc) is 3.11. The average molecular weight is 467 g/mol. The molecule has 2 N–H and O–H groups in total. The van der Waals surface area contributed by atoms with Gasteiger partial charge in [0.2, 0.25) is 0 Å². The Balaban J connectivity index is 0. The van der Waals surface area contributed by atoms with Gasteiger partial charge in [0.25, 0.3) is 11.8 Å². The topological polar surface area (TPSA) is 78.9 Å². The molecule has 1 aromatic carbocycles. The van der Waals surface area contributed by atoms with E-state index in [-0.39, 0.29) is 18.4 Å². The van der Waals surface area contributed by atoms with Crippen molar-refractivity contribution in [1.82, 2.24) is 5.43 Å². The third-order valence-corrected chi connectivity index (χ3v) is 4.78. The van der Waals surface area contributed by atoms with E-state index in [0.717, 1.165) is 26.1 Å². The first kappa shape index (κ1) is 33.3. The van der Waals surface area contributed by atoms with Gasteiger partial charge in [-0.15, -0.1) is 0 Å². The molecule has 192 valence electrons. The SMILES string of the molecule is CCCCC1C(=O)NN(c2ccccc2)C1=O.CCCCCCCC.CCO.CCOCC. The van der Waals surface area contributed by atoms with Crippen LogP contribution < -0.4 is 10.4 Å². The summed E-state index contributed by atoms with van der Waals surface area (Å²) in [5.74, 6) is -0.850. The first-order valence-electron chi connectivity index (χ1n) is 12.9. The number of carbonyl (C=O) groups is 2. The number of nitrogens with zero attached hydrogens (tertiary/aromatic N) is 1. The predicted molar refractivity (Wildman–Crippen MR) is 139 cm³/mol. The van der Waals surface area contributed by atoms with Gasteiger partial charge in [-0.05, 0) is 39.3 Å². The van der Waals surface area contributed by atoms with Gasteiger partial charge in [0.05, 0.1) is 5.69 Å². The van der Waals surface area contributed by atoms with E-state index in [1.807, 2.05) is 39.0 Å². The first-order chi connectivity index (χ1) is 16.0. The molecule has 1 atom stereocenters. The van der Waals surface area contributed by atoms with E-state index >= 15 is 0 Å². The van der Waals surface area contributed by atoms with E-state index in [0.29, 0.717) is 12.1 Å². The number of nitrogens with one attached hydrogen (secondary N) is 1. The fourth-order valence-corrected chi connectivity index (χ4v) is 3.00. The Hall–Kier alpha value is -1.92. The molecular formula is C27H50N2O4. The van der Waals surface area contributed by atoms with Crippen molar-refractivity contribution in [3.8, 4) is 0 Å². The van der Waals surface area contributed by atoms with Crippen molar-refractivity contribution in [3.63, 3.8) is 0 Å².